The molecular formula is C27H30O2. The first-order valence-corrected chi connectivity index (χ1v) is 10.5. The Morgan fingerprint density at radius 3 is 1.93 bits per heavy atom. The summed E-state index contributed by atoms with van der Waals surface area (Å²) in [4.78, 5) is 12.9. The predicted molar refractivity (Wildman–Crippen MR) is 119 cm³/mol. The monoisotopic (exact) mass is 386 g/mol. The van der Waals surface area contributed by atoms with Gasteiger partial charge in [-0.2, -0.15) is 0 Å². The fourth-order valence-corrected chi connectivity index (χ4v) is 3.61. The van der Waals surface area contributed by atoms with Gasteiger partial charge in [-0.3, -0.25) is 4.79 Å². The van der Waals surface area contributed by atoms with Crippen LogP contribution in [0, 0.1) is 5.92 Å². The summed E-state index contributed by atoms with van der Waals surface area (Å²) in [6.45, 7) is 4.34. The number of aryl methyl sites for hydroxylation is 1. The van der Waals surface area contributed by atoms with Crippen molar-refractivity contribution >= 4 is 5.78 Å². The smallest absolute Gasteiger partial charge is 0.165 e. The van der Waals surface area contributed by atoms with Crippen molar-refractivity contribution in [3.05, 3.63) is 108 Å². The Labute approximate surface area is 174 Å². The quantitative estimate of drug-likeness (QED) is 0.364. The average molecular weight is 387 g/mol. The molecule has 0 amide bonds. The van der Waals surface area contributed by atoms with Crippen LogP contribution in [-0.4, -0.2) is 11.9 Å². The van der Waals surface area contributed by atoms with Crippen LogP contribution in [0.25, 0.3) is 0 Å². The molecule has 0 spiro atoms. The summed E-state index contributed by atoms with van der Waals surface area (Å²) in [7, 11) is 0. The lowest BCUT2D eigenvalue weighted by molar-refractivity contribution is -0.0413. The van der Waals surface area contributed by atoms with Crippen molar-refractivity contribution in [1.29, 1.82) is 0 Å². The molecule has 0 saturated heterocycles. The lowest BCUT2D eigenvalue weighted by Gasteiger charge is -2.28. The zero-order valence-electron chi connectivity index (χ0n) is 17.3. The molecule has 0 aliphatic heterocycles. The molecule has 0 aliphatic rings. The fourth-order valence-electron chi connectivity index (χ4n) is 3.61. The SMILES string of the molecule is CC(C)[C@@H](O[C@@H](CCc1ccccc1)CC(=O)c1ccccc1)c1ccccc1. The van der Waals surface area contributed by atoms with E-state index in [9.17, 15) is 4.79 Å². The molecule has 0 radical (unpaired) electrons. The van der Waals surface area contributed by atoms with Crippen LogP contribution in [0.2, 0.25) is 0 Å². The number of carbonyl (C=O) groups is 1. The van der Waals surface area contributed by atoms with E-state index in [4.69, 9.17) is 4.74 Å². The van der Waals surface area contributed by atoms with Gasteiger partial charge in [0, 0.05) is 12.0 Å². The van der Waals surface area contributed by atoms with E-state index in [1.54, 1.807) is 0 Å². The molecule has 0 N–H and O–H groups in total. The Morgan fingerprint density at radius 1 is 0.793 bits per heavy atom. The van der Waals surface area contributed by atoms with E-state index in [0.717, 1.165) is 18.4 Å². The van der Waals surface area contributed by atoms with Crippen molar-refractivity contribution in [2.45, 2.75) is 45.3 Å². The van der Waals surface area contributed by atoms with Gasteiger partial charge in [-0.15, -0.1) is 0 Å². The number of hydrogen-bond acceptors (Lipinski definition) is 2. The topological polar surface area (TPSA) is 26.3 Å². The standard InChI is InChI=1S/C27H30O2/c1-21(2)27(24-16-10-5-11-17-24)29-25(19-18-22-12-6-3-7-13-22)20-26(28)23-14-8-4-9-15-23/h3-17,21,25,27H,18-20H2,1-2H3/t25-,27+/m0/s1. The number of benzene rings is 3. The van der Waals surface area contributed by atoms with Gasteiger partial charge in [0.15, 0.2) is 5.78 Å². The Bertz CT molecular complexity index is 857. The molecule has 2 atom stereocenters. The molecule has 3 aromatic carbocycles. The largest absolute Gasteiger partial charge is 0.370 e. The van der Waals surface area contributed by atoms with Crippen LogP contribution in [-0.2, 0) is 11.2 Å². The molecule has 0 saturated carbocycles. The van der Waals surface area contributed by atoms with Crippen LogP contribution in [0.4, 0.5) is 0 Å². The molecule has 150 valence electrons. The third-order valence-electron chi connectivity index (χ3n) is 5.18. The minimum Gasteiger partial charge on any atom is -0.370 e. The molecule has 2 heteroatoms. The number of ether oxygens (including phenoxy) is 1. The highest BCUT2D eigenvalue weighted by Crippen LogP contribution is 2.29. The zero-order chi connectivity index (χ0) is 20.5. The van der Waals surface area contributed by atoms with Crippen molar-refractivity contribution < 1.29 is 9.53 Å². The molecule has 0 bridgehead atoms. The van der Waals surface area contributed by atoms with Crippen LogP contribution < -0.4 is 0 Å². The van der Waals surface area contributed by atoms with E-state index < -0.39 is 0 Å². The first-order valence-electron chi connectivity index (χ1n) is 10.5. The van der Waals surface area contributed by atoms with Crippen molar-refractivity contribution in [2.24, 2.45) is 5.92 Å². The molecule has 2 nitrogen and oxygen atoms in total. The molecule has 29 heavy (non-hydrogen) atoms. The summed E-state index contributed by atoms with van der Waals surface area (Å²) >= 11 is 0. The number of Topliss-reactive ketones (excluding diaryl/α,β-unsaturated/α-hetero) is 1. The summed E-state index contributed by atoms with van der Waals surface area (Å²) in [5.74, 6) is 0.461. The van der Waals surface area contributed by atoms with Gasteiger partial charge in [-0.1, -0.05) is 105 Å². The van der Waals surface area contributed by atoms with Gasteiger partial charge in [-0.05, 0) is 29.9 Å². The second kappa shape index (κ2) is 10.7. The van der Waals surface area contributed by atoms with E-state index in [2.05, 4.69) is 50.2 Å². The predicted octanol–water partition coefficient (Wildman–Crippen LogP) is 6.67. The maximum Gasteiger partial charge on any atom is 0.165 e. The van der Waals surface area contributed by atoms with Gasteiger partial charge in [0.25, 0.3) is 0 Å². The molecule has 0 aliphatic carbocycles. The number of ketones is 1. The van der Waals surface area contributed by atoms with E-state index in [0.29, 0.717) is 12.3 Å². The first kappa shape index (κ1) is 21.0. The number of rotatable bonds is 10. The normalized spacial score (nSPS) is 13.2. The highest BCUT2D eigenvalue weighted by Gasteiger charge is 2.24. The van der Waals surface area contributed by atoms with Gasteiger partial charge in [-0.25, -0.2) is 0 Å². The Morgan fingerprint density at radius 2 is 1.34 bits per heavy atom. The Kier molecular flexibility index (Phi) is 7.77. The van der Waals surface area contributed by atoms with E-state index in [1.807, 2.05) is 54.6 Å². The van der Waals surface area contributed by atoms with Crippen LogP contribution in [0.15, 0.2) is 91.0 Å². The number of hydrogen-bond donors (Lipinski definition) is 0. The number of carbonyl (C=O) groups excluding carboxylic acids is 1. The lowest BCUT2D eigenvalue weighted by Crippen LogP contribution is -2.24. The fraction of sp³-hybridized carbons (Fsp3) is 0.296. The third kappa shape index (κ3) is 6.40. The minimum atomic E-state index is -0.129. The second-order valence-corrected chi connectivity index (χ2v) is 7.85. The summed E-state index contributed by atoms with van der Waals surface area (Å²) in [5, 5.41) is 0. The molecule has 3 rings (SSSR count). The summed E-state index contributed by atoms with van der Waals surface area (Å²) < 4.78 is 6.59. The second-order valence-electron chi connectivity index (χ2n) is 7.85. The van der Waals surface area contributed by atoms with E-state index >= 15 is 0 Å². The van der Waals surface area contributed by atoms with Crippen molar-refractivity contribution in [1.82, 2.24) is 0 Å². The van der Waals surface area contributed by atoms with Gasteiger partial charge in [0.2, 0.25) is 0 Å². The van der Waals surface area contributed by atoms with Gasteiger partial charge in [0.05, 0.1) is 12.2 Å². The zero-order valence-corrected chi connectivity index (χ0v) is 17.3. The average Bonchev–Trinajstić information content (AvgIpc) is 2.77. The lowest BCUT2D eigenvalue weighted by atomic mass is 9.96. The Balaban J connectivity index is 1.76. The van der Waals surface area contributed by atoms with Gasteiger partial charge >= 0.3 is 0 Å². The summed E-state index contributed by atoms with van der Waals surface area (Å²) in [5.41, 5.74) is 3.19. The molecular weight excluding hydrogens is 356 g/mol. The maximum absolute atomic E-state index is 12.9. The van der Waals surface area contributed by atoms with E-state index in [1.165, 1.54) is 11.1 Å². The summed E-state index contributed by atoms with van der Waals surface area (Å²) in [6.07, 6.45) is 1.95. The van der Waals surface area contributed by atoms with Crippen molar-refractivity contribution in [2.75, 3.05) is 0 Å². The van der Waals surface area contributed by atoms with Crippen LogP contribution in [0.3, 0.4) is 0 Å². The van der Waals surface area contributed by atoms with Gasteiger partial charge in [0.1, 0.15) is 0 Å². The van der Waals surface area contributed by atoms with Crippen LogP contribution in [0.1, 0.15) is 54.3 Å². The van der Waals surface area contributed by atoms with Crippen molar-refractivity contribution in [3.8, 4) is 0 Å². The van der Waals surface area contributed by atoms with Crippen molar-refractivity contribution in [3.63, 3.8) is 0 Å². The van der Waals surface area contributed by atoms with Crippen LogP contribution >= 0.6 is 0 Å². The van der Waals surface area contributed by atoms with Crippen LogP contribution in [0.5, 0.6) is 0 Å². The Hall–Kier alpha value is -2.71. The molecule has 0 aromatic heterocycles. The molecule has 0 fully saturated rings. The highest BCUT2D eigenvalue weighted by molar-refractivity contribution is 5.96. The minimum absolute atomic E-state index is 0.0273. The highest BCUT2D eigenvalue weighted by atomic mass is 16.5. The first-order chi connectivity index (χ1) is 14.1. The molecule has 0 unspecified atom stereocenters. The van der Waals surface area contributed by atoms with E-state index in [-0.39, 0.29) is 18.0 Å². The van der Waals surface area contributed by atoms with Gasteiger partial charge < -0.3 is 4.74 Å². The third-order valence-corrected chi connectivity index (χ3v) is 5.18. The molecule has 0 heterocycles. The molecule has 3 aromatic rings. The maximum atomic E-state index is 12.9. The summed E-state index contributed by atoms with van der Waals surface area (Å²) in [6, 6.07) is 30.3.